The number of halogens is 1. The van der Waals surface area contributed by atoms with Crippen molar-refractivity contribution in [3.05, 3.63) is 65.2 Å². The number of carbonyl (C=O) groups is 2. The van der Waals surface area contributed by atoms with Gasteiger partial charge in [-0.15, -0.1) is 0 Å². The summed E-state index contributed by atoms with van der Waals surface area (Å²) < 4.78 is 5.59. The molecule has 150 valence electrons. The summed E-state index contributed by atoms with van der Waals surface area (Å²) >= 11 is 6.08. The molecule has 0 aliphatic heterocycles. The Balaban J connectivity index is 2.05. The van der Waals surface area contributed by atoms with Crippen molar-refractivity contribution >= 4 is 23.4 Å². The van der Waals surface area contributed by atoms with E-state index >= 15 is 0 Å². The molecule has 28 heavy (non-hydrogen) atoms. The second-order valence-electron chi connectivity index (χ2n) is 6.51. The lowest BCUT2D eigenvalue weighted by Gasteiger charge is -2.28. The van der Waals surface area contributed by atoms with Crippen LogP contribution >= 0.6 is 11.6 Å². The third-order valence-electron chi connectivity index (χ3n) is 4.39. The summed E-state index contributed by atoms with van der Waals surface area (Å²) in [6.07, 6.45) is 1.50. The zero-order chi connectivity index (χ0) is 20.4. The number of rotatable bonds is 10. The van der Waals surface area contributed by atoms with Gasteiger partial charge >= 0.3 is 0 Å². The van der Waals surface area contributed by atoms with Crippen LogP contribution in [0, 0.1) is 0 Å². The first-order valence-electron chi connectivity index (χ1n) is 9.51. The minimum atomic E-state index is -0.586. The van der Waals surface area contributed by atoms with Crippen molar-refractivity contribution in [1.82, 2.24) is 10.2 Å². The normalized spacial score (nSPS) is 11.5. The van der Waals surface area contributed by atoms with E-state index in [0.717, 1.165) is 12.0 Å². The molecule has 0 aliphatic carbocycles. The summed E-state index contributed by atoms with van der Waals surface area (Å²) in [5.41, 5.74) is 1.11. The molecule has 0 unspecified atom stereocenters. The third kappa shape index (κ3) is 6.57. The number of nitrogens with one attached hydrogen (secondary N) is 1. The summed E-state index contributed by atoms with van der Waals surface area (Å²) in [6, 6.07) is 16.3. The Morgan fingerprint density at radius 3 is 2.46 bits per heavy atom. The van der Waals surface area contributed by atoms with Crippen molar-refractivity contribution < 1.29 is 14.3 Å². The van der Waals surface area contributed by atoms with Gasteiger partial charge in [-0.25, -0.2) is 0 Å². The summed E-state index contributed by atoms with van der Waals surface area (Å²) in [4.78, 5) is 26.8. The van der Waals surface area contributed by atoms with E-state index in [1.807, 2.05) is 37.3 Å². The number of nitrogens with zero attached hydrogens (tertiary/aromatic N) is 1. The molecule has 0 fully saturated rings. The van der Waals surface area contributed by atoms with Crippen molar-refractivity contribution in [2.24, 2.45) is 0 Å². The Hall–Kier alpha value is -2.53. The predicted molar refractivity (Wildman–Crippen MR) is 112 cm³/mol. The highest BCUT2D eigenvalue weighted by Crippen LogP contribution is 2.23. The van der Waals surface area contributed by atoms with Crippen LogP contribution < -0.4 is 10.1 Å². The molecular formula is C22H27ClN2O3. The van der Waals surface area contributed by atoms with Gasteiger partial charge in [0.2, 0.25) is 5.91 Å². The topological polar surface area (TPSA) is 58.6 Å². The highest BCUT2D eigenvalue weighted by Gasteiger charge is 2.26. The van der Waals surface area contributed by atoms with Gasteiger partial charge in [0.1, 0.15) is 11.8 Å². The van der Waals surface area contributed by atoms with Crippen LogP contribution in [-0.4, -0.2) is 42.5 Å². The Morgan fingerprint density at radius 1 is 1.11 bits per heavy atom. The van der Waals surface area contributed by atoms with E-state index < -0.39 is 6.04 Å². The Kier molecular flexibility index (Phi) is 8.82. The molecule has 2 aromatic carbocycles. The summed E-state index contributed by atoms with van der Waals surface area (Å²) in [5.74, 6) is 0.0274. The first kappa shape index (κ1) is 21.8. The zero-order valence-corrected chi connectivity index (χ0v) is 17.1. The maximum Gasteiger partial charge on any atom is 0.261 e. The van der Waals surface area contributed by atoms with Gasteiger partial charge in [0.15, 0.2) is 6.61 Å². The quantitative estimate of drug-likeness (QED) is 0.659. The number of para-hydroxylation sites is 1. The summed E-state index contributed by atoms with van der Waals surface area (Å²) in [6.45, 7) is 4.56. The van der Waals surface area contributed by atoms with E-state index in [9.17, 15) is 9.59 Å². The third-order valence-corrected chi connectivity index (χ3v) is 4.70. The molecule has 0 heterocycles. The van der Waals surface area contributed by atoms with E-state index in [4.69, 9.17) is 16.3 Å². The van der Waals surface area contributed by atoms with Gasteiger partial charge in [-0.3, -0.25) is 9.59 Å². The van der Waals surface area contributed by atoms with Crippen LogP contribution in [0.25, 0.3) is 0 Å². The number of benzene rings is 2. The molecule has 0 aromatic heterocycles. The van der Waals surface area contributed by atoms with Crippen LogP contribution in [-0.2, 0) is 16.0 Å². The minimum absolute atomic E-state index is 0.166. The molecule has 5 nitrogen and oxygen atoms in total. The molecule has 6 heteroatoms. The van der Waals surface area contributed by atoms with Gasteiger partial charge in [0.25, 0.3) is 5.91 Å². The van der Waals surface area contributed by atoms with Gasteiger partial charge in [-0.1, -0.05) is 61.0 Å². The van der Waals surface area contributed by atoms with Crippen molar-refractivity contribution in [3.8, 4) is 5.75 Å². The molecule has 0 aliphatic rings. The van der Waals surface area contributed by atoms with Gasteiger partial charge in [0.05, 0.1) is 5.02 Å². The summed E-state index contributed by atoms with van der Waals surface area (Å²) in [7, 11) is 0. The Labute approximate surface area is 171 Å². The average molecular weight is 403 g/mol. The lowest BCUT2D eigenvalue weighted by atomic mass is 10.1. The predicted octanol–water partition coefficient (Wildman–Crippen LogP) is 3.70. The molecule has 2 rings (SSSR count). The summed E-state index contributed by atoms with van der Waals surface area (Å²) in [5, 5.41) is 3.30. The van der Waals surface area contributed by atoms with Crippen LogP contribution in [0.3, 0.4) is 0 Å². The lowest BCUT2D eigenvalue weighted by Crippen LogP contribution is -2.50. The number of hydrogen-bond donors (Lipinski definition) is 1. The van der Waals surface area contributed by atoms with E-state index in [-0.39, 0.29) is 18.4 Å². The average Bonchev–Trinajstić information content (AvgIpc) is 2.72. The molecular weight excluding hydrogens is 376 g/mol. The second-order valence-corrected chi connectivity index (χ2v) is 6.92. The van der Waals surface area contributed by atoms with Crippen molar-refractivity contribution in [2.75, 3.05) is 19.7 Å². The molecule has 2 amide bonds. The van der Waals surface area contributed by atoms with Crippen LogP contribution in [0.4, 0.5) is 0 Å². The van der Waals surface area contributed by atoms with Crippen molar-refractivity contribution in [3.63, 3.8) is 0 Å². The zero-order valence-electron chi connectivity index (χ0n) is 16.4. The monoisotopic (exact) mass is 402 g/mol. The van der Waals surface area contributed by atoms with Gasteiger partial charge in [-0.2, -0.15) is 0 Å². The van der Waals surface area contributed by atoms with Gasteiger partial charge in [-0.05, 0) is 37.5 Å². The molecule has 0 radical (unpaired) electrons. The number of ether oxygens (including phenoxy) is 1. The number of hydrogen-bond acceptors (Lipinski definition) is 3. The molecule has 0 saturated heterocycles. The van der Waals surface area contributed by atoms with E-state index in [0.29, 0.717) is 30.3 Å². The second kappa shape index (κ2) is 11.3. The number of amides is 2. The standard InChI is InChI=1S/C22H27ClN2O3/c1-3-14-24-22(27)17(2)25(15-13-18-9-5-4-6-10-18)21(26)16-28-20-12-8-7-11-19(20)23/h4-12,17H,3,13-16H2,1-2H3,(H,24,27)/t17-/m0/s1. The van der Waals surface area contributed by atoms with E-state index in [2.05, 4.69) is 5.32 Å². The fraction of sp³-hybridized carbons (Fsp3) is 0.364. The molecule has 1 atom stereocenters. The highest BCUT2D eigenvalue weighted by molar-refractivity contribution is 6.32. The molecule has 1 N–H and O–H groups in total. The van der Waals surface area contributed by atoms with Crippen molar-refractivity contribution in [1.29, 1.82) is 0 Å². The Bertz CT molecular complexity index is 767. The van der Waals surface area contributed by atoms with E-state index in [1.54, 1.807) is 36.1 Å². The molecule has 2 aromatic rings. The van der Waals surface area contributed by atoms with Gasteiger partial charge < -0.3 is 15.0 Å². The fourth-order valence-electron chi connectivity index (χ4n) is 2.75. The van der Waals surface area contributed by atoms with Crippen LogP contribution in [0.2, 0.25) is 5.02 Å². The maximum atomic E-state index is 12.8. The molecule has 0 spiro atoms. The number of carbonyl (C=O) groups excluding carboxylic acids is 2. The SMILES string of the molecule is CCCNC(=O)[C@H](C)N(CCc1ccccc1)C(=O)COc1ccccc1Cl. The minimum Gasteiger partial charge on any atom is -0.482 e. The first-order chi connectivity index (χ1) is 13.5. The largest absolute Gasteiger partial charge is 0.482 e. The first-order valence-corrected chi connectivity index (χ1v) is 9.89. The Morgan fingerprint density at radius 2 is 1.79 bits per heavy atom. The molecule has 0 bridgehead atoms. The fourth-order valence-corrected chi connectivity index (χ4v) is 2.94. The van der Waals surface area contributed by atoms with Crippen LogP contribution in [0.15, 0.2) is 54.6 Å². The van der Waals surface area contributed by atoms with Crippen molar-refractivity contribution in [2.45, 2.75) is 32.7 Å². The van der Waals surface area contributed by atoms with Crippen LogP contribution in [0.5, 0.6) is 5.75 Å². The maximum absolute atomic E-state index is 12.8. The highest BCUT2D eigenvalue weighted by atomic mass is 35.5. The van der Waals surface area contributed by atoms with E-state index in [1.165, 1.54) is 0 Å². The lowest BCUT2D eigenvalue weighted by molar-refractivity contribution is -0.141. The van der Waals surface area contributed by atoms with Gasteiger partial charge in [0, 0.05) is 13.1 Å². The smallest absolute Gasteiger partial charge is 0.261 e. The molecule has 0 saturated carbocycles. The van der Waals surface area contributed by atoms with Crippen LogP contribution in [0.1, 0.15) is 25.8 Å².